The first-order valence-corrected chi connectivity index (χ1v) is 7.00. The molecule has 2 aromatic rings. The fourth-order valence-electron chi connectivity index (χ4n) is 2.11. The molecule has 1 aromatic carbocycles. The number of aryl methyl sites for hydroxylation is 1. The van der Waals surface area contributed by atoms with E-state index in [1.165, 1.54) is 6.33 Å². The molecule has 0 bridgehead atoms. The number of rotatable bonds is 6. The second kappa shape index (κ2) is 6.94. The Morgan fingerprint density at radius 1 is 1.48 bits per heavy atom. The average Bonchev–Trinajstić information content (AvgIpc) is 3.01. The van der Waals surface area contributed by atoms with Gasteiger partial charge in [0.05, 0.1) is 11.6 Å². The van der Waals surface area contributed by atoms with Crippen LogP contribution in [0.3, 0.4) is 0 Å². The molecule has 112 valence electrons. The molecule has 0 fully saturated rings. The van der Waals surface area contributed by atoms with Gasteiger partial charge in [0.15, 0.2) is 0 Å². The smallest absolute Gasteiger partial charge is 0.228 e. The zero-order chi connectivity index (χ0) is 15.2. The first kappa shape index (κ1) is 15.1. The zero-order valence-corrected chi connectivity index (χ0v) is 12.3. The summed E-state index contributed by atoms with van der Waals surface area (Å²) in [5.74, 6) is -0.206. The number of tetrazole rings is 1. The topological polar surface area (TPSA) is 98.7 Å². The number of hydrogen-bond donors (Lipinski definition) is 2. The number of amides is 1. The molecule has 3 N–H and O–H groups in total. The van der Waals surface area contributed by atoms with Crippen molar-refractivity contribution in [1.82, 2.24) is 20.2 Å². The molecule has 0 saturated carbocycles. The molecule has 1 unspecified atom stereocenters. The van der Waals surface area contributed by atoms with Crippen molar-refractivity contribution in [3.05, 3.63) is 30.1 Å². The van der Waals surface area contributed by atoms with Crippen molar-refractivity contribution in [2.24, 2.45) is 11.7 Å². The van der Waals surface area contributed by atoms with Crippen molar-refractivity contribution in [1.29, 1.82) is 0 Å². The highest BCUT2D eigenvalue weighted by atomic mass is 16.1. The minimum Gasteiger partial charge on any atom is -0.330 e. The second-order valence-corrected chi connectivity index (χ2v) is 4.96. The molecule has 0 aliphatic heterocycles. The van der Waals surface area contributed by atoms with E-state index >= 15 is 0 Å². The van der Waals surface area contributed by atoms with E-state index in [-0.39, 0.29) is 11.8 Å². The Kier molecular flexibility index (Phi) is 4.99. The highest BCUT2D eigenvalue weighted by Crippen LogP contribution is 2.20. The molecular formula is C14H20N6O. The predicted molar refractivity (Wildman–Crippen MR) is 80.0 cm³/mol. The number of carbonyl (C=O) groups excluding carboxylic acids is 1. The predicted octanol–water partition coefficient (Wildman–Crippen LogP) is 1.28. The molecule has 1 amide bonds. The number of nitrogens with two attached hydrogens (primary N) is 1. The van der Waals surface area contributed by atoms with Crippen LogP contribution in [0, 0.1) is 12.8 Å². The van der Waals surface area contributed by atoms with Gasteiger partial charge in [-0.3, -0.25) is 4.79 Å². The lowest BCUT2D eigenvalue weighted by molar-refractivity contribution is -0.119. The monoisotopic (exact) mass is 288 g/mol. The molecule has 1 atom stereocenters. The van der Waals surface area contributed by atoms with Crippen LogP contribution < -0.4 is 11.1 Å². The lowest BCUT2D eigenvalue weighted by atomic mass is 10.0. The number of benzene rings is 1. The number of nitrogens with one attached hydrogen (secondary N) is 1. The Hall–Kier alpha value is -2.28. The normalized spacial score (nSPS) is 12.1. The maximum Gasteiger partial charge on any atom is 0.228 e. The number of anilines is 1. The molecule has 21 heavy (non-hydrogen) atoms. The molecule has 0 radical (unpaired) electrons. The van der Waals surface area contributed by atoms with Crippen molar-refractivity contribution in [3.63, 3.8) is 0 Å². The van der Waals surface area contributed by atoms with Gasteiger partial charge in [0, 0.05) is 12.2 Å². The van der Waals surface area contributed by atoms with E-state index in [4.69, 9.17) is 5.73 Å². The third kappa shape index (κ3) is 3.63. The fraction of sp³-hybridized carbons (Fsp3) is 0.429. The number of nitrogens with zero attached hydrogens (tertiary/aromatic N) is 4. The number of carbonyl (C=O) groups is 1. The van der Waals surface area contributed by atoms with E-state index in [1.54, 1.807) is 4.68 Å². The number of hydrogen-bond acceptors (Lipinski definition) is 5. The summed E-state index contributed by atoms with van der Waals surface area (Å²) in [4.78, 5) is 12.2. The van der Waals surface area contributed by atoms with Gasteiger partial charge in [0.25, 0.3) is 0 Å². The summed E-state index contributed by atoms with van der Waals surface area (Å²) < 4.78 is 1.54. The molecular weight excluding hydrogens is 268 g/mol. The zero-order valence-electron chi connectivity index (χ0n) is 12.3. The minimum atomic E-state index is -0.161. The Labute approximate surface area is 123 Å². The van der Waals surface area contributed by atoms with E-state index < -0.39 is 0 Å². The average molecular weight is 288 g/mol. The quantitative estimate of drug-likeness (QED) is 0.834. The van der Waals surface area contributed by atoms with Gasteiger partial charge in [-0.15, -0.1) is 5.10 Å². The first-order valence-electron chi connectivity index (χ1n) is 7.00. The van der Waals surface area contributed by atoms with Crippen molar-refractivity contribution in [3.8, 4) is 5.69 Å². The van der Waals surface area contributed by atoms with Crippen molar-refractivity contribution in [2.75, 3.05) is 11.9 Å². The van der Waals surface area contributed by atoms with Crippen molar-refractivity contribution >= 4 is 11.6 Å². The van der Waals surface area contributed by atoms with Gasteiger partial charge in [-0.25, -0.2) is 4.68 Å². The summed E-state index contributed by atoms with van der Waals surface area (Å²) in [7, 11) is 0. The molecule has 7 nitrogen and oxygen atoms in total. The van der Waals surface area contributed by atoms with Gasteiger partial charge in [0.2, 0.25) is 5.91 Å². The Morgan fingerprint density at radius 2 is 2.29 bits per heavy atom. The van der Waals surface area contributed by atoms with E-state index in [1.807, 2.05) is 32.0 Å². The molecule has 0 saturated heterocycles. The largest absolute Gasteiger partial charge is 0.330 e. The van der Waals surface area contributed by atoms with Crippen LogP contribution in [0.15, 0.2) is 24.5 Å². The van der Waals surface area contributed by atoms with Crippen LogP contribution in [-0.2, 0) is 4.79 Å². The summed E-state index contributed by atoms with van der Waals surface area (Å²) in [6.45, 7) is 4.33. The maximum atomic E-state index is 12.2. The van der Waals surface area contributed by atoms with Crippen molar-refractivity contribution < 1.29 is 4.79 Å². The lowest BCUT2D eigenvalue weighted by Crippen LogP contribution is -2.29. The van der Waals surface area contributed by atoms with Gasteiger partial charge >= 0.3 is 0 Å². The van der Waals surface area contributed by atoms with E-state index in [2.05, 4.69) is 20.8 Å². The molecule has 2 rings (SSSR count). The summed E-state index contributed by atoms with van der Waals surface area (Å²) in [6.07, 6.45) is 3.23. The first-order chi connectivity index (χ1) is 10.2. The van der Waals surface area contributed by atoms with Crippen molar-refractivity contribution in [2.45, 2.75) is 26.7 Å². The second-order valence-electron chi connectivity index (χ2n) is 4.96. The highest BCUT2D eigenvalue weighted by molar-refractivity contribution is 5.93. The summed E-state index contributed by atoms with van der Waals surface area (Å²) in [5, 5.41) is 14.0. The van der Waals surface area contributed by atoms with Crippen LogP contribution in [0.25, 0.3) is 5.69 Å². The van der Waals surface area contributed by atoms with E-state index in [0.717, 1.165) is 29.8 Å². The lowest BCUT2D eigenvalue weighted by Gasteiger charge is -2.16. The van der Waals surface area contributed by atoms with Crippen LogP contribution in [0.1, 0.15) is 25.3 Å². The number of aromatic nitrogens is 4. The molecule has 0 aliphatic carbocycles. The SMILES string of the molecule is CCCC(CN)C(=O)Nc1cc(-n2cnnn2)ccc1C. The van der Waals surface area contributed by atoms with Gasteiger partial charge < -0.3 is 11.1 Å². The molecule has 0 spiro atoms. The fourth-order valence-corrected chi connectivity index (χ4v) is 2.11. The molecule has 0 aliphatic rings. The highest BCUT2D eigenvalue weighted by Gasteiger charge is 2.16. The summed E-state index contributed by atoms with van der Waals surface area (Å²) in [6, 6.07) is 5.67. The van der Waals surface area contributed by atoms with Crippen LogP contribution in [0.4, 0.5) is 5.69 Å². The molecule has 1 aromatic heterocycles. The third-order valence-electron chi connectivity index (χ3n) is 3.39. The Bertz CT molecular complexity index is 596. The van der Waals surface area contributed by atoms with Gasteiger partial charge in [-0.2, -0.15) is 0 Å². The minimum absolute atomic E-state index is 0.0451. The van der Waals surface area contributed by atoms with Gasteiger partial charge in [0.1, 0.15) is 6.33 Å². The van der Waals surface area contributed by atoms with Crippen LogP contribution in [0.5, 0.6) is 0 Å². The molecule has 7 heteroatoms. The van der Waals surface area contributed by atoms with Crippen LogP contribution in [0.2, 0.25) is 0 Å². The van der Waals surface area contributed by atoms with E-state index in [9.17, 15) is 4.79 Å². The third-order valence-corrected chi connectivity index (χ3v) is 3.39. The Morgan fingerprint density at radius 3 is 2.90 bits per heavy atom. The molecule has 1 heterocycles. The summed E-state index contributed by atoms with van der Waals surface area (Å²) in [5.41, 5.74) is 8.19. The maximum absolute atomic E-state index is 12.2. The van der Waals surface area contributed by atoms with E-state index in [0.29, 0.717) is 6.54 Å². The van der Waals surface area contributed by atoms with Gasteiger partial charge in [-0.05, 0) is 41.5 Å². The standard InChI is InChI=1S/C14H20N6O/c1-3-4-11(8-15)14(21)17-13-7-12(6-5-10(13)2)20-9-16-18-19-20/h5-7,9,11H,3-4,8,15H2,1-2H3,(H,17,21). The summed E-state index contributed by atoms with van der Waals surface area (Å²) >= 11 is 0. The van der Waals surface area contributed by atoms with Crippen LogP contribution >= 0.6 is 0 Å². The van der Waals surface area contributed by atoms with Gasteiger partial charge in [-0.1, -0.05) is 19.4 Å². The van der Waals surface area contributed by atoms with Crippen LogP contribution in [-0.4, -0.2) is 32.7 Å². The Balaban J connectivity index is 2.19.